The fraction of sp³-hybridized carbons (Fsp3) is 0.174. The predicted molar refractivity (Wildman–Crippen MR) is 108 cm³/mol. The summed E-state index contributed by atoms with van der Waals surface area (Å²) in [5.74, 6) is -0.145. The SMILES string of the molecule is C=CC[C@@](CC)(NNC(=O)c1ccccc1)c1ccc2ccccc2c1. The van der Waals surface area contributed by atoms with E-state index in [0.717, 1.165) is 12.0 Å². The highest BCUT2D eigenvalue weighted by atomic mass is 16.2. The molecule has 26 heavy (non-hydrogen) atoms. The first-order valence-electron chi connectivity index (χ1n) is 8.91. The van der Waals surface area contributed by atoms with Crippen molar-refractivity contribution in [3.05, 3.63) is 96.6 Å². The van der Waals surface area contributed by atoms with Crippen LogP contribution < -0.4 is 10.9 Å². The van der Waals surface area contributed by atoms with E-state index in [9.17, 15) is 4.79 Å². The summed E-state index contributed by atoms with van der Waals surface area (Å²) in [4.78, 5) is 12.5. The van der Waals surface area contributed by atoms with Gasteiger partial charge in [-0.25, -0.2) is 5.43 Å². The molecular formula is C23H24N2O. The van der Waals surface area contributed by atoms with Crippen LogP contribution in [0.15, 0.2) is 85.5 Å². The van der Waals surface area contributed by atoms with Crippen LogP contribution >= 0.6 is 0 Å². The van der Waals surface area contributed by atoms with Crippen LogP contribution in [-0.4, -0.2) is 5.91 Å². The van der Waals surface area contributed by atoms with Crippen LogP contribution in [0, 0.1) is 0 Å². The summed E-state index contributed by atoms with van der Waals surface area (Å²) in [6, 6.07) is 23.9. The van der Waals surface area contributed by atoms with Crippen molar-refractivity contribution in [3.63, 3.8) is 0 Å². The summed E-state index contributed by atoms with van der Waals surface area (Å²) in [6.07, 6.45) is 3.41. The maximum Gasteiger partial charge on any atom is 0.265 e. The van der Waals surface area contributed by atoms with Gasteiger partial charge in [-0.15, -0.1) is 6.58 Å². The van der Waals surface area contributed by atoms with Gasteiger partial charge in [-0.1, -0.05) is 67.6 Å². The van der Waals surface area contributed by atoms with Crippen LogP contribution in [0.3, 0.4) is 0 Å². The van der Waals surface area contributed by atoms with E-state index in [0.29, 0.717) is 12.0 Å². The van der Waals surface area contributed by atoms with Gasteiger partial charge in [0.05, 0.1) is 5.54 Å². The Bertz CT molecular complexity index is 904. The number of rotatable bonds is 7. The van der Waals surface area contributed by atoms with E-state index in [4.69, 9.17) is 0 Å². The molecule has 0 radical (unpaired) electrons. The quantitative estimate of drug-likeness (QED) is 0.470. The van der Waals surface area contributed by atoms with Crippen molar-refractivity contribution in [2.24, 2.45) is 0 Å². The van der Waals surface area contributed by atoms with Crippen molar-refractivity contribution in [3.8, 4) is 0 Å². The first kappa shape index (κ1) is 17.9. The van der Waals surface area contributed by atoms with E-state index < -0.39 is 5.54 Å². The number of hydrogen-bond acceptors (Lipinski definition) is 2. The molecule has 0 saturated heterocycles. The molecule has 1 amide bonds. The minimum absolute atomic E-state index is 0.145. The molecule has 3 aromatic rings. The smallest absolute Gasteiger partial charge is 0.265 e. The van der Waals surface area contributed by atoms with Crippen LogP contribution in [0.25, 0.3) is 10.8 Å². The monoisotopic (exact) mass is 344 g/mol. The molecule has 0 aliphatic carbocycles. The fourth-order valence-electron chi connectivity index (χ4n) is 3.25. The van der Waals surface area contributed by atoms with E-state index >= 15 is 0 Å². The molecule has 3 heteroatoms. The van der Waals surface area contributed by atoms with Crippen LogP contribution in [0.1, 0.15) is 35.7 Å². The number of hydrogen-bond donors (Lipinski definition) is 2. The second-order valence-electron chi connectivity index (χ2n) is 6.44. The molecule has 0 heterocycles. The summed E-state index contributed by atoms with van der Waals surface area (Å²) < 4.78 is 0. The zero-order valence-corrected chi connectivity index (χ0v) is 15.0. The molecule has 2 N–H and O–H groups in total. The van der Waals surface area contributed by atoms with Crippen molar-refractivity contribution < 1.29 is 4.79 Å². The van der Waals surface area contributed by atoms with Gasteiger partial charge >= 0.3 is 0 Å². The minimum atomic E-state index is -0.407. The van der Waals surface area contributed by atoms with Gasteiger partial charge < -0.3 is 0 Å². The Labute approximate surface area is 154 Å². The number of benzene rings is 3. The lowest BCUT2D eigenvalue weighted by atomic mass is 9.84. The summed E-state index contributed by atoms with van der Waals surface area (Å²) in [7, 11) is 0. The Hall–Kier alpha value is -2.91. The molecule has 0 unspecified atom stereocenters. The maximum absolute atomic E-state index is 12.5. The van der Waals surface area contributed by atoms with Gasteiger partial charge in [0.2, 0.25) is 0 Å². The largest absolute Gasteiger partial charge is 0.287 e. The third kappa shape index (κ3) is 3.68. The number of carbonyl (C=O) groups excluding carboxylic acids is 1. The predicted octanol–water partition coefficient (Wildman–Crippen LogP) is 4.96. The molecule has 132 valence electrons. The van der Waals surface area contributed by atoms with E-state index in [1.54, 1.807) is 12.1 Å². The van der Waals surface area contributed by atoms with Gasteiger partial charge in [0, 0.05) is 5.56 Å². The average Bonchev–Trinajstić information content (AvgIpc) is 2.71. The number of amides is 1. The Morgan fingerprint density at radius 3 is 2.38 bits per heavy atom. The molecule has 0 aliphatic rings. The lowest BCUT2D eigenvalue weighted by molar-refractivity contribution is 0.0900. The molecular weight excluding hydrogens is 320 g/mol. The second kappa shape index (κ2) is 7.98. The summed E-state index contributed by atoms with van der Waals surface area (Å²) in [5.41, 5.74) is 7.53. The normalized spacial score (nSPS) is 13.1. The van der Waals surface area contributed by atoms with Crippen LogP contribution in [-0.2, 0) is 5.54 Å². The number of carbonyl (C=O) groups is 1. The Morgan fingerprint density at radius 1 is 1.00 bits per heavy atom. The van der Waals surface area contributed by atoms with Crippen molar-refractivity contribution in [2.45, 2.75) is 25.3 Å². The van der Waals surface area contributed by atoms with Gasteiger partial charge in [0.1, 0.15) is 0 Å². The minimum Gasteiger partial charge on any atom is -0.287 e. The van der Waals surface area contributed by atoms with Gasteiger partial charge in [0.15, 0.2) is 0 Å². The highest BCUT2D eigenvalue weighted by Crippen LogP contribution is 2.31. The van der Waals surface area contributed by atoms with Crippen molar-refractivity contribution in [2.75, 3.05) is 0 Å². The molecule has 0 fully saturated rings. The highest BCUT2D eigenvalue weighted by molar-refractivity contribution is 5.93. The van der Waals surface area contributed by atoms with Gasteiger partial charge in [-0.05, 0) is 47.4 Å². The Balaban J connectivity index is 1.89. The second-order valence-corrected chi connectivity index (χ2v) is 6.44. The number of fused-ring (bicyclic) bond motifs is 1. The van der Waals surface area contributed by atoms with Crippen molar-refractivity contribution in [1.82, 2.24) is 10.9 Å². The molecule has 3 rings (SSSR count). The van der Waals surface area contributed by atoms with Gasteiger partial charge in [-0.3, -0.25) is 10.2 Å². The maximum atomic E-state index is 12.5. The third-order valence-corrected chi connectivity index (χ3v) is 4.85. The lowest BCUT2D eigenvalue weighted by Gasteiger charge is -2.34. The highest BCUT2D eigenvalue weighted by Gasteiger charge is 2.29. The molecule has 0 aliphatic heterocycles. The molecule has 0 saturated carbocycles. The van der Waals surface area contributed by atoms with E-state index in [2.05, 4.69) is 54.7 Å². The molecule has 3 nitrogen and oxygen atoms in total. The number of nitrogens with one attached hydrogen (secondary N) is 2. The number of hydrazine groups is 1. The van der Waals surface area contributed by atoms with Gasteiger partial charge in [0.25, 0.3) is 5.91 Å². The summed E-state index contributed by atoms with van der Waals surface area (Å²) in [6.45, 7) is 6.03. The summed E-state index contributed by atoms with van der Waals surface area (Å²) in [5, 5.41) is 2.39. The fourth-order valence-corrected chi connectivity index (χ4v) is 3.25. The van der Waals surface area contributed by atoms with E-state index in [1.165, 1.54) is 10.8 Å². The van der Waals surface area contributed by atoms with E-state index in [1.807, 2.05) is 36.4 Å². The molecule has 0 bridgehead atoms. The topological polar surface area (TPSA) is 41.1 Å². The van der Waals surface area contributed by atoms with Crippen LogP contribution in [0.4, 0.5) is 0 Å². The Morgan fingerprint density at radius 2 is 1.69 bits per heavy atom. The first-order chi connectivity index (χ1) is 12.7. The van der Waals surface area contributed by atoms with Crippen LogP contribution in [0.2, 0.25) is 0 Å². The van der Waals surface area contributed by atoms with Crippen molar-refractivity contribution in [1.29, 1.82) is 0 Å². The lowest BCUT2D eigenvalue weighted by Crippen LogP contribution is -2.51. The zero-order chi connectivity index (χ0) is 18.4. The summed E-state index contributed by atoms with van der Waals surface area (Å²) >= 11 is 0. The van der Waals surface area contributed by atoms with Crippen molar-refractivity contribution >= 4 is 16.7 Å². The first-order valence-corrected chi connectivity index (χ1v) is 8.91. The standard InChI is InChI=1S/C23H24N2O/c1-3-16-23(4-2,25-24-22(26)19-11-6-5-7-12-19)21-15-14-18-10-8-9-13-20(18)17-21/h3,5-15,17,25H,1,4,16H2,2H3,(H,24,26)/t23-/m1/s1. The Kier molecular flexibility index (Phi) is 5.49. The molecule has 0 spiro atoms. The third-order valence-electron chi connectivity index (χ3n) is 4.85. The average molecular weight is 344 g/mol. The molecule has 3 aromatic carbocycles. The van der Waals surface area contributed by atoms with Crippen LogP contribution in [0.5, 0.6) is 0 Å². The zero-order valence-electron chi connectivity index (χ0n) is 15.0. The van der Waals surface area contributed by atoms with E-state index in [-0.39, 0.29) is 5.91 Å². The van der Waals surface area contributed by atoms with Gasteiger partial charge in [-0.2, -0.15) is 0 Å². The molecule has 1 atom stereocenters. The molecule has 0 aromatic heterocycles.